The average Bonchev–Trinajstić information content (AvgIpc) is 2.88. The van der Waals surface area contributed by atoms with Crippen LogP contribution in [-0.2, 0) is 6.67 Å². The number of pyridine rings is 2. The molecule has 3 heterocycles. The van der Waals surface area contributed by atoms with Crippen molar-refractivity contribution < 1.29 is 4.42 Å². The molecule has 0 aromatic carbocycles. The number of aromatic nitrogens is 4. The second kappa shape index (κ2) is 5.62. The lowest BCUT2D eigenvalue weighted by atomic mass is 10.3. The van der Waals surface area contributed by atoms with Crippen molar-refractivity contribution in [3.05, 3.63) is 53.8 Å². The van der Waals surface area contributed by atoms with Crippen molar-refractivity contribution in [3.8, 4) is 11.5 Å². The van der Waals surface area contributed by atoms with Crippen LogP contribution in [0.25, 0.3) is 11.5 Å². The summed E-state index contributed by atoms with van der Waals surface area (Å²) in [6.45, 7) is 0.393. The normalized spacial score (nSPS) is 10.4. The predicted molar refractivity (Wildman–Crippen MR) is 76.4 cm³/mol. The molecule has 0 radical (unpaired) electrons. The van der Waals surface area contributed by atoms with Gasteiger partial charge >= 0.3 is 0 Å². The van der Waals surface area contributed by atoms with Crippen molar-refractivity contribution in [1.29, 1.82) is 0 Å². The van der Waals surface area contributed by atoms with Crippen molar-refractivity contribution in [2.45, 2.75) is 6.67 Å². The quantitative estimate of drug-likeness (QED) is 0.743. The van der Waals surface area contributed by atoms with Crippen LogP contribution in [0, 0.1) is 4.84 Å². The molecular weight excluding hydrogens is 274 g/mol. The Kier molecular flexibility index (Phi) is 3.51. The molecule has 3 rings (SSSR count). The highest BCUT2D eigenvalue weighted by molar-refractivity contribution is 7.71. The van der Waals surface area contributed by atoms with E-state index in [2.05, 4.69) is 20.4 Å². The Morgan fingerprint density at radius 1 is 1.15 bits per heavy atom. The fourth-order valence-corrected chi connectivity index (χ4v) is 1.82. The highest BCUT2D eigenvalue weighted by Gasteiger charge is 2.07. The lowest BCUT2D eigenvalue weighted by Crippen LogP contribution is -2.10. The smallest absolute Gasteiger partial charge is 0.289 e. The van der Waals surface area contributed by atoms with Crippen LogP contribution < -0.4 is 5.32 Å². The molecule has 1 N–H and O–H groups in total. The Morgan fingerprint density at radius 3 is 2.75 bits per heavy atom. The molecule has 3 aromatic heterocycles. The molecule has 100 valence electrons. The molecular formula is C13H11N5OS. The van der Waals surface area contributed by atoms with Crippen LogP contribution in [0.3, 0.4) is 0 Å². The molecule has 0 aliphatic rings. The first-order valence-corrected chi connectivity index (χ1v) is 6.37. The second-order valence-electron chi connectivity index (χ2n) is 3.96. The Bertz CT molecular complexity index is 738. The summed E-state index contributed by atoms with van der Waals surface area (Å²) >= 11 is 5.15. The molecule has 0 amide bonds. The largest absolute Gasteiger partial charge is 0.409 e. The van der Waals surface area contributed by atoms with E-state index in [-0.39, 0.29) is 0 Å². The van der Waals surface area contributed by atoms with Gasteiger partial charge in [0.2, 0.25) is 5.89 Å². The summed E-state index contributed by atoms with van der Waals surface area (Å²) < 4.78 is 7.04. The van der Waals surface area contributed by atoms with E-state index >= 15 is 0 Å². The molecule has 0 saturated heterocycles. The maximum atomic E-state index is 5.47. The number of hydrogen-bond acceptors (Lipinski definition) is 6. The van der Waals surface area contributed by atoms with Gasteiger partial charge in [0.1, 0.15) is 12.5 Å². The first kappa shape index (κ1) is 12.5. The maximum absolute atomic E-state index is 5.47. The summed E-state index contributed by atoms with van der Waals surface area (Å²) in [6, 6.07) is 9.26. The number of rotatable bonds is 4. The zero-order valence-corrected chi connectivity index (χ0v) is 11.2. The van der Waals surface area contributed by atoms with Crippen LogP contribution in [0.2, 0.25) is 0 Å². The van der Waals surface area contributed by atoms with E-state index < -0.39 is 0 Å². The fourth-order valence-electron chi connectivity index (χ4n) is 1.64. The Morgan fingerprint density at radius 2 is 2.00 bits per heavy atom. The number of hydrogen-bond donors (Lipinski definition) is 1. The van der Waals surface area contributed by atoms with E-state index in [1.807, 2.05) is 30.3 Å². The summed E-state index contributed by atoms with van der Waals surface area (Å²) in [6.07, 6.45) is 5.07. The van der Waals surface area contributed by atoms with Crippen molar-refractivity contribution >= 4 is 18.0 Å². The molecule has 3 aromatic rings. The highest BCUT2D eigenvalue weighted by atomic mass is 32.1. The molecule has 7 heteroatoms. The van der Waals surface area contributed by atoms with Crippen LogP contribution >= 0.6 is 12.2 Å². The zero-order chi connectivity index (χ0) is 13.8. The molecule has 6 nitrogen and oxygen atoms in total. The minimum atomic E-state index is 0.306. The molecule has 0 fully saturated rings. The average molecular weight is 285 g/mol. The number of nitrogens with one attached hydrogen (secondary N) is 1. The maximum Gasteiger partial charge on any atom is 0.289 e. The van der Waals surface area contributed by atoms with Gasteiger partial charge in [-0.1, -0.05) is 6.07 Å². The summed E-state index contributed by atoms with van der Waals surface area (Å²) in [5, 5.41) is 7.44. The van der Waals surface area contributed by atoms with Crippen LogP contribution in [0.15, 0.2) is 53.3 Å². The van der Waals surface area contributed by atoms with Gasteiger partial charge in [0.15, 0.2) is 0 Å². The predicted octanol–water partition coefficient (Wildman–Crippen LogP) is 2.73. The highest BCUT2D eigenvalue weighted by Crippen LogP contribution is 2.16. The Balaban J connectivity index is 1.78. The molecule has 0 atom stereocenters. The minimum absolute atomic E-state index is 0.306. The van der Waals surface area contributed by atoms with Gasteiger partial charge in [-0.25, -0.2) is 9.67 Å². The SMILES string of the molecule is S=c1oc(-c2ccncc2)nn1CNc1ccccn1. The Hall–Kier alpha value is -2.54. The van der Waals surface area contributed by atoms with Crippen LogP contribution in [0.1, 0.15) is 0 Å². The van der Waals surface area contributed by atoms with Gasteiger partial charge in [0.25, 0.3) is 4.84 Å². The molecule has 0 unspecified atom stereocenters. The molecule has 0 saturated carbocycles. The van der Waals surface area contributed by atoms with Crippen molar-refractivity contribution in [2.24, 2.45) is 0 Å². The van der Waals surface area contributed by atoms with Gasteiger partial charge in [-0.15, -0.1) is 5.10 Å². The van der Waals surface area contributed by atoms with Gasteiger partial charge in [0, 0.05) is 24.2 Å². The van der Waals surface area contributed by atoms with E-state index in [1.165, 1.54) is 0 Å². The summed E-state index contributed by atoms with van der Waals surface area (Å²) in [4.78, 5) is 8.42. The van der Waals surface area contributed by atoms with Gasteiger partial charge in [-0.3, -0.25) is 4.98 Å². The molecule has 0 aliphatic carbocycles. The van der Waals surface area contributed by atoms with Crippen LogP contribution in [-0.4, -0.2) is 19.7 Å². The van der Waals surface area contributed by atoms with Crippen molar-refractivity contribution in [3.63, 3.8) is 0 Å². The summed E-state index contributed by atoms with van der Waals surface area (Å²) in [7, 11) is 0. The first-order valence-electron chi connectivity index (χ1n) is 5.96. The van der Waals surface area contributed by atoms with Crippen molar-refractivity contribution in [2.75, 3.05) is 5.32 Å². The van der Waals surface area contributed by atoms with E-state index in [9.17, 15) is 0 Å². The summed E-state index contributed by atoms with van der Waals surface area (Å²) in [5.41, 5.74) is 0.836. The fraction of sp³-hybridized carbons (Fsp3) is 0.0769. The van der Waals surface area contributed by atoms with Gasteiger partial charge in [0.05, 0.1) is 0 Å². The topological polar surface area (TPSA) is 68.8 Å². The van der Waals surface area contributed by atoms with Crippen LogP contribution in [0.4, 0.5) is 5.82 Å². The Labute approximate surface area is 120 Å². The van der Waals surface area contributed by atoms with E-state index in [0.717, 1.165) is 11.4 Å². The van der Waals surface area contributed by atoms with E-state index in [4.69, 9.17) is 16.6 Å². The third-order valence-corrected chi connectivity index (χ3v) is 2.90. The monoisotopic (exact) mass is 285 g/mol. The molecule has 0 spiro atoms. The molecule has 20 heavy (non-hydrogen) atoms. The number of anilines is 1. The van der Waals surface area contributed by atoms with Crippen molar-refractivity contribution in [1.82, 2.24) is 19.7 Å². The van der Waals surface area contributed by atoms with Crippen LogP contribution in [0.5, 0.6) is 0 Å². The minimum Gasteiger partial charge on any atom is -0.409 e. The standard InChI is InChI=1S/C13H11N5OS/c20-13-18(9-16-11-3-1-2-6-15-11)17-12(19-13)10-4-7-14-8-5-10/h1-8H,9H2,(H,15,16). The third kappa shape index (κ3) is 2.72. The second-order valence-corrected chi connectivity index (χ2v) is 4.31. The van der Waals surface area contributed by atoms with Gasteiger partial charge in [-0.2, -0.15) is 0 Å². The third-order valence-electron chi connectivity index (χ3n) is 2.61. The molecule has 0 aliphatic heterocycles. The summed E-state index contributed by atoms with van der Waals surface area (Å²) in [5.74, 6) is 1.23. The van der Waals surface area contributed by atoms with E-state index in [0.29, 0.717) is 17.4 Å². The molecule has 0 bridgehead atoms. The lowest BCUT2D eigenvalue weighted by Gasteiger charge is -2.03. The van der Waals surface area contributed by atoms with Gasteiger partial charge in [-0.05, 0) is 36.5 Å². The lowest BCUT2D eigenvalue weighted by molar-refractivity contribution is 0.522. The number of nitrogens with zero attached hydrogens (tertiary/aromatic N) is 4. The van der Waals surface area contributed by atoms with E-state index in [1.54, 1.807) is 23.3 Å². The zero-order valence-electron chi connectivity index (χ0n) is 10.4. The van der Waals surface area contributed by atoms with Gasteiger partial charge < -0.3 is 9.73 Å². The first-order chi connectivity index (χ1) is 9.83.